The van der Waals surface area contributed by atoms with Crippen molar-refractivity contribution >= 4 is 40.2 Å². The summed E-state index contributed by atoms with van der Waals surface area (Å²) in [6.45, 7) is 0. The molecular weight excluding hydrogens is 379 g/mol. The third kappa shape index (κ3) is 4.09. The molecule has 1 aliphatic rings. The summed E-state index contributed by atoms with van der Waals surface area (Å²) in [6.07, 6.45) is 1.74. The number of esters is 1. The quantitative estimate of drug-likeness (QED) is 0.757. The molecule has 0 bridgehead atoms. The zero-order valence-electron chi connectivity index (χ0n) is 15.6. The number of para-hydroxylation sites is 1. The van der Waals surface area contributed by atoms with E-state index in [0.29, 0.717) is 4.91 Å². The number of thioether (sulfide) groups is 1. The summed E-state index contributed by atoms with van der Waals surface area (Å²) >= 11 is 1.09. The number of carbonyl (C=O) groups excluding carboxylic acids is 1. The molecule has 2 aromatic carbocycles. The van der Waals surface area contributed by atoms with Gasteiger partial charge in [-0.15, -0.1) is 0 Å². The zero-order chi connectivity index (χ0) is 20.3. The van der Waals surface area contributed by atoms with Gasteiger partial charge in [-0.05, 0) is 35.9 Å². The third-order valence-corrected chi connectivity index (χ3v) is 5.08. The molecule has 5 nitrogen and oxygen atoms in total. The Morgan fingerprint density at radius 2 is 1.86 bits per heavy atom. The Labute approximate surface area is 166 Å². The maximum absolute atomic E-state index is 14.0. The largest absolute Gasteiger partial charge is 0.506 e. The first-order valence-corrected chi connectivity index (χ1v) is 9.25. The molecule has 0 saturated carbocycles. The highest BCUT2D eigenvalue weighted by Crippen LogP contribution is 2.40. The number of hydrogen-bond donors (Lipinski definition) is 1. The summed E-state index contributed by atoms with van der Waals surface area (Å²) in [5, 5.41) is 10.8. The van der Waals surface area contributed by atoms with Crippen LogP contribution in [0.4, 0.5) is 15.8 Å². The molecule has 1 N–H and O–H groups in total. The fourth-order valence-corrected chi connectivity index (χ4v) is 3.59. The van der Waals surface area contributed by atoms with Crippen LogP contribution in [0.3, 0.4) is 0 Å². The van der Waals surface area contributed by atoms with Crippen molar-refractivity contribution in [2.24, 2.45) is 4.99 Å². The van der Waals surface area contributed by atoms with Gasteiger partial charge in [0, 0.05) is 19.8 Å². The number of benzene rings is 2. The van der Waals surface area contributed by atoms with E-state index in [-0.39, 0.29) is 22.1 Å². The number of halogens is 1. The molecule has 0 aliphatic carbocycles. The summed E-state index contributed by atoms with van der Waals surface area (Å²) in [5.74, 6) is -1.48. The monoisotopic (exact) mass is 398 g/mol. The van der Waals surface area contributed by atoms with Gasteiger partial charge in [0.1, 0.15) is 27.9 Å². The number of rotatable bonds is 4. The molecule has 2 aromatic rings. The molecule has 1 aliphatic heterocycles. The topological polar surface area (TPSA) is 62.1 Å². The van der Waals surface area contributed by atoms with Gasteiger partial charge in [-0.1, -0.05) is 36.0 Å². The first kappa shape index (κ1) is 19.7. The molecule has 144 valence electrons. The van der Waals surface area contributed by atoms with Crippen LogP contribution in [0.2, 0.25) is 0 Å². The van der Waals surface area contributed by atoms with Crippen LogP contribution in [0.25, 0.3) is 6.08 Å². The van der Waals surface area contributed by atoms with Crippen molar-refractivity contribution in [1.82, 2.24) is 0 Å². The van der Waals surface area contributed by atoms with Gasteiger partial charge in [-0.25, -0.2) is 14.2 Å². The molecule has 0 radical (unpaired) electrons. The standard InChI is InChI=1S/C21H19FN2O3S/c1-24(2)14-10-8-13(9-11-14)12-17-19(25)18(21(26)27-3)20(28-17)23-16-7-5-4-6-15(16)22/h4-12,25H,1-3H3. The number of hydrogen-bond acceptors (Lipinski definition) is 6. The first-order chi connectivity index (χ1) is 13.4. The Kier molecular flexibility index (Phi) is 5.84. The Hall–Kier alpha value is -3.06. The van der Waals surface area contributed by atoms with Gasteiger partial charge in [0.05, 0.1) is 12.0 Å². The molecule has 3 rings (SSSR count). The van der Waals surface area contributed by atoms with Crippen molar-refractivity contribution in [3.63, 3.8) is 0 Å². The Bertz CT molecular complexity index is 995. The lowest BCUT2D eigenvalue weighted by Gasteiger charge is -2.11. The minimum absolute atomic E-state index is 0.0769. The number of aliphatic hydroxyl groups excluding tert-OH is 1. The number of carbonyl (C=O) groups is 1. The van der Waals surface area contributed by atoms with Crippen LogP contribution >= 0.6 is 11.8 Å². The van der Waals surface area contributed by atoms with Crippen LogP contribution in [-0.4, -0.2) is 37.3 Å². The minimum atomic E-state index is -0.730. The predicted octanol–water partition coefficient (Wildman–Crippen LogP) is 4.69. The van der Waals surface area contributed by atoms with Gasteiger partial charge >= 0.3 is 5.97 Å². The highest BCUT2D eigenvalue weighted by atomic mass is 32.2. The number of anilines is 1. The van der Waals surface area contributed by atoms with Crippen molar-refractivity contribution in [3.8, 4) is 0 Å². The molecule has 0 atom stereocenters. The Morgan fingerprint density at radius 1 is 1.18 bits per heavy atom. The average molecular weight is 398 g/mol. The van der Waals surface area contributed by atoms with Crippen molar-refractivity contribution in [2.45, 2.75) is 0 Å². The van der Waals surface area contributed by atoms with Gasteiger partial charge in [0.15, 0.2) is 0 Å². The van der Waals surface area contributed by atoms with Gasteiger partial charge in [0.25, 0.3) is 0 Å². The van der Waals surface area contributed by atoms with Crippen molar-refractivity contribution in [2.75, 3.05) is 26.1 Å². The number of ether oxygens (including phenoxy) is 1. The average Bonchev–Trinajstić information content (AvgIpc) is 2.98. The van der Waals surface area contributed by atoms with E-state index in [1.807, 2.05) is 43.3 Å². The summed E-state index contributed by atoms with van der Waals surface area (Å²) in [6, 6.07) is 13.7. The Morgan fingerprint density at radius 3 is 2.46 bits per heavy atom. The van der Waals surface area contributed by atoms with Crippen LogP contribution in [0, 0.1) is 5.82 Å². The second kappa shape index (κ2) is 8.31. The molecular formula is C21H19FN2O3S. The SMILES string of the molecule is COC(=O)C1=C(O)C(=Cc2ccc(N(C)C)cc2)SC1=Nc1ccccc1F. The van der Waals surface area contributed by atoms with Crippen LogP contribution in [-0.2, 0) is 9.53 Å². The second-order valence-corrected chi connectivity index (χ2v) is 7.21. The fraction of sp³-hybridized carbons (Fsp3) is 0.143. The number of methoxy groups -OCH3 is 1. The van der Waals surface area contributed by atoms with E-state index >= 15 is 0 Å². The van der Waals surface area contributed by atoms with Crippen LogP contribution in [0.1, 0.15) is 5.56 Å². The summed E-state index contributed by atoms with van der Waals surface area (Å²) < 4.78 is 18.7. The van der Waals surface area contributed by atoms with Crippen molar-refractivity contribution in [1.29, 1.82) is 0 Å². The van der Waals surface area contributed by atoms with E-state index in [4.69, 9.17) is 4.74 Å². The van der Waals surface area contributed by atoms with E-state index < -0.39 is 11.8 Å². The fourth-order valence-electron chi connectivity index (χ4n) is 2.56. The highest BCUT2D eigenvalue weighted by molar-refractivity contribution is 8.18. The lowest BCUT2D eigenvalue weighted by Crippen LogP contribution is -2.10. The van der Waals surface area contributed by atoms with Crippen LogP contribution in [0.5, 0.6) is 0 Å². The van der Waals surface area contributed by atoms with E-state index in [2.05, 4.69) is 4.99 Å². The molecule has 0 aromatic heterocycles. The zero-order valence-corrected chi connectivity index (χ0v) is 16.5. The van der Waals surface area contributed by atoms with Gasteiger partial charge < -0.3 is 14.7 Å². The van der Waals surface area contributed by atoms with Crippen molar-refractivity contribution in [3.05, 3.63) is 76.1 Å². The second-order valence-electron chi connectivity index (χ2n) is 6.18. The molecule has 0 amide bonds. The lowest BCUT2D eigenvalue weighted by atomic mass is 10.1. The minimum Gasteiger partial charge on any atom is -0.506 e. The van der Waals surface area contributed by atoms with Gasteiger partial charge in [-0.3, -0.25) is 0 Å². The summed E-state index contributed by atoms with van der Waals surface area (Å²) in [5.41, 5.74) is 1.89. The number of aliphatic hydroxyl groups is 1. The van der Waals surface area contributed by atoms with Gasteiger partial charge in [-0.2, -0.15) is 0 Å². The van der Waals surface area contributed by atoms with Gasteiger partial charge in [0.2, 0.25) is 0 Å². The Balaban J connectivity index is 2.01. The van der Waals surface area contributed by atoms with E-state index in [0.717, 1.165) is 23.0 Å². The maximum atomic E-state index is 14.0. The molecule has 0 unspecified atom stereocenters. The predicted molar refractivity (Wildman–Crippen MR) is 112 cm³/mol. The summed E-state index contributed by atoms with van der Waals surface area (Å²) in [7, 11) is 5.11. The molecule has 0 saturated heterocycles. The van der Waals surface area contributed by atoms with E-state index in [1.165, 1.54) is 19.2 Å². The van der Waals surface area contributed by atoms with E-state index in [9.17, 15) is 14.3 Å². The number of nitrogens with zero attached hydrogens (tertiary/aromatic N) is 2. The molecule has 0 spiro atoms. The number of aliphatic imine (C=N–C) groups is 1. The molecule has 28 heavy (non-hydrogen) atoms. The first-order valence-electron chi connectivity index (χ1n) is 8.43. The molecule has 1 heterocycles. The molecule has 7 heteroatoms. The normalized spacial score (nSPS) is 16.7. The third-order valence-electron chi connectivity index (χ3n) is 4.06. The maximum Gasteiger partial charge on any atom is 0.344 e. The highest BCUT2D eigenvalue weighted by Gasteiger charge is 2.33. The summed E-state index contributed by atoms with van der Waals surface area (Å²) in [4.78, 5) is 18.8. The van der Waals surface area contributed by atoms with Crippen LogP contribution < -0.4 is 4.90 Å². The van der Waals surface area contributed by atoms with E-state index in [1.54, 1.807) is 18.2 Å². The smallest absolute Gasteiger partial charge is 0.344 e. The van der Waals surface area contributed by atoms with Crippen molar-refractivity contribution < 1.29 is 19.0 Å². The molecule has 0 fully saturated rings. The van der Waals surface area contributed by atoms with Crippen LogP contribution in [0.15, 0.2) is 69.8 Å². The lowest BCUT2D eigenvalue weighted by molar-refractivity contribution is -0.135.